The second-order valence-electron chi connectivity index (χ2n) is 5.62. The molecule has 0 spiro atoms. The van der Waals surface area contributed by atoms with E-state index in [9.17, 15) is 4.79 Å². The number of nitrogens with zero attached hydrogens (tertiary/aromatic N) is 2. The molecule has 2 heterocycles. The zero-order valence-corrected chi connectivity index (χ0v) is 14.5. The van der Waals surface area contributed by atoms with Crippen molar-refractivity contribution in [3.63, 3.8) is 0 Å². The van der Waals surface area contributed by atoms with E-state index >= 15 is 0 Å². The Hall–Kier alpha value is -1.74. The van der Waals surface area contributed by atoms with Crippen molar-refractivity contribution in [1.29, 1.82) is 0 Å². The van der Waals surface area contributed by atoms with Gasteiger partial charge in [-0.2, -0.15) is 0 Å². The number of morpholine rings is 1. The zero-order chi connectivity index (χ0) is 16.9. The second kappa shape index (κ2) is 7.89. The van der Waals surface area contributed by atoms with E-state index in [0.717, 1.165) is 47.3 Å². The summed E-state index contributed by atoms with van der Waals surface area (Å²) in [5.41, 5.74) is 7.25. The number of fused-ring (bicyclic) bond motifs is 1. The summed E-state index contributed by atoms with van der Waals surface area (Å²) < 4.78 is 11.6. The Morgan fingerprint density at radius 3 is 3.00 bits per heavy atom. The number of anilines is 2. The molecule has 0 aliphatic carbocycles. The lowest BCUT2D eigenvalue weighted by atomic mass is 10.2. The minimum Gasteiger partial charge on any atom is -0.380 e. The fourth-order valence-corrected chi connectivity index (χ4v) is 3.62. The number of carbonyl (C=O) groups is 1. The molecule has 1 aromatic carbocycles. The summed E-state index contributed by atoms with van der Waals surface area (Å²) in [6.07, 6.45) is -0.0164. The number of nitrogens with two attached hydrogens (primary N) is 1. The largest absolute Gasteiger partial charge is 0.380 e. The molecule has 8 heteroatoms. The van der Waals surface area contributed by atoms with Crippen molar-refractivity contribution in [2.75, 3.05) is 50.2 Å². The first-order valence-corrected chi connectivity index (χ1v) is 8.77. The molecule has 2 aromatic rings. The molecule has 0 radical (unpaired) electrons. The number of benzene rings is 1. The van der Waals surface area contributed by atoms with Gasteiger partial charge in [0.15, 0.2) is 5.13 Å². The number of ether oxygens (including phenoxy) is 2. The molecule has 1 aliphatic rings. The summed E-state index contributed by atoms with van der Waals surface area (Å²) in [5, 5.41) is 3.89. The molecule has 130 valence electrons. The van der Waals surface area contributed by atoms with Gasteiger partial charge in [-0.1, -0.05) is 11.3 Å². The van der Waals surface area contributed by atoms with Crippen LogP contribution in [0.4, 0.5) is 10.8 Å². The van der Waals surface area contributed by atoms with Crippen LogP contribution in [0.15, 0.2) is 18.2 Å². The number of rotatable bonds is 6. The van der Waals surface area contributed by atoms with E-state index in [1.165, 1.54) is 0 Å². The molecular weight excluding hydrogens is 328 g/mol. The molecule has 7 nitrogen and oxygen atoms in total. The van der Waals surface area contributed by atoms with E-state index in [1.807, 2.05) is 18.2 Å². The van der Waals surface area contributed by atoms with Gasteiger partial charge < -0.3 is 25.4 Å². The van der Waals surface area contributed by atoms with E-state index in [1.54, 1.807) is 18.4 Å². The lowest BCUT2D eigenvalue weighted by Gasteiger charge is -2.25. The molecule has 1 aliphatic heterocycles. The molecule has 24 heavy (non-hydrogen) atoms. The van der Waals surface area contributed by atoms with Gasteiger partial charge in [0.05, 0.1) is 36.0 Å². The molecule has 1 aromatic heterocycles. The van der Waals surface area contributed by atoms with E-state index in [0.29, 0.717) is 6.54 Å². The van der Waals surface area contributed by atoms with Crippen LogP contribution in [0.3, 0.4) is 0 Å². The van der Waals surface area contributed by atoms with E-state index in [-0.39, 0.29) is 18.4 Å². The standard InChI is InChI=1S/C16H22N4O3S/c1-22-12(10-17)9-15(21)18-11-2-3-13-14(8-11)24-16(19-13)20-4-6-23-7-5-20/h2-3,8,12H,4-7,9-10,17H2,1H3,(H,18,21). The summed E-state index contributed by atoms with van der Waals surface area (Å²) in [6.45, 7) is 3.51. The Labute approximate surface area is 144 Å². The monoisotopic (exact) mass is 350 g/mol. The molecule has 3 N–H and O–H groups in total. The highest BCUT2D eigenvalue weighted by molar-refractivity contribution is 7.22. The third-order valence-corrected chi connectivity index (χ3v) is 5.03. The predicted molar refractivity (Wildman–Crippen MR) is 95.8 cm³/mol. The van der Waals surface area contributed by atoms with Gasteiger partial charge >= 0.3 is 0 Å². The molecule has 0 bridgehead atoms. The van der Waals surface area contributed by atoms with Gasteiger partial charge in [-0.05, 0) is 18.2 Å². The SMILES string of the molecule is COC(CN)CC(=O)Nc1ccc2nc(N3CCOCC3)sc2c1. The first-order valence-electron chi connectivity index (χ1n) is 7.95. The molecule has 1 unspecified atom stereocenters. The van der Waals surface area contributed by atoms with Crippen LogP contribution in [0.2, 0.25) is 0 Å². The normalized spacial score (nSPS) is 16.3. The summed E-state index contributed by atoms with van der Waals surface area (Å²) >= 11 is 1.63. The van der Waals surface area contributed by atoms with Crippen LogP contribution in [0.1, 0.15) is 6.42 Å². The number of carbonyl (C=O) groups excluding carboxylic acids is 1. The number of hydrogen-bond donors (Lipinski definition) is 2. The summed E-state index contributed by atoms with van der Waals surface area (Å²) in [4.78, 5) is 19.0. The van der Waals surface area contributed by atoms with Crippen molar-refractivity contribution in [3.8, 4) is 0 Å². The Morgan fingerprint density at radius 1 is 1.50 bits per heavy atom. The number of nitrogens with one attached hydrogen (secondary N) is 1. The van der Waals surface area contributed by atoms with Crippen LogP contribution in [0, 0.1) is 0 Å². The van der Waals surface area contributed by atoms with Crippen LogP contribution in [-0.4, -0.2) is 57.0 Å². The number of amides is 1. The summed E-state index contributed by atoms with van der Waals surface area (Å²) in [7, 11) is 1.56. The molecule has 3 rings (SSSR count). The average Bonchev–Trinajstić information content (AvgIpc) is 3.03. The number of hydrogen-bond acceptors (Lipinski definition) is 7. The fourth-order valence-electron chi connectivity index (χ4n) is 2.56. The maximum absolute atomic E-state index is 12.0. The lowest BCUT2D eigenvalue weighted by molar-refractivity contribution is -0.118. The number of thiazole rings is 1. The topological polar surface area (TPSA) is 89.7 Å². The number of methoxy groups -OCH3 is 1. The maximum atomic E-state index is 12.0. The molecular formula is C16H22N4O3S. The van der Waals surface area contributed by atoms with Gasteiger partial charge in [0.2, 0.25) is 5.91 Å². The lowest BCUT2D eigenvalue weighted by Crippen LogP contribution is -2.36. The Morgan fingerprint density at radius 2 is 2.29 bits per heavy atom. The van der Waals surface area contributed by atoms with Crippen LogP contribution >= 0.6 is 11.3 Å². The van der Waals surface area contributed by atoms with Gasteiger partial charge in [-0.15, -0.1) is 0 Å². The maximum Gasteiger partial charge on any atom is 0.227 e. The Balaban J connectivity index is 1.70. The van der Waals surface area contributed by atoms with Crippen LogP contribution < -0.4 is 16.0 Å². The molecule has 1 atom stereocenters. The average molecular weight is 350 g/mol. The van der Waals surface area contributed by atoms with Crippen molar-refractivity contribution >= 4 is 38.3 Å². The van der Waals surface area contributed by atoms with E-state index in [2.05, 4.69) is 15.2 Å². The van der Waals surface area contributed by atoms with Crippen molar-refractivity contribution in [2.24, 2.45) is 5.73 Å². The number of aromatic nitrogens is 1. The third kappa shape index (κ3) is 4.02. The quantitative estimate of drug-likeness (QED) is 0.819. The summed E-state index contributed by atoms with van der Waals surface area (Å²) in [5.74, 6) is -0.107. The highest BCUT2D eigenvalue weighted by atomic mass is 32.1. The van der Waals surface area contributed by atoms with E-state index in [4.69, 9.17) is 15.2 Å². The Kier molecular flexibility index (Phi) is 5.62. The second-order valence-corrected chi connectivity index (χ2v) is 6.63. The van der Waals surface area contributed by atoms with Crippen molar-refractivity contribution in [3.05, 3.63) is 18.2 Å². The first-order chi connectivity index (χ1) is 11.7. The molecule has 1 amide bonds. The van der Waals surface area contributed by atoms with Crippen molar-refractivity contribution in [1.82, 2.24) is 4.98 Å². The molecule has 1 fully saturated rings. The fraction of sp³-hybridized carbons (Fsp3) is 0.500. The predicted octanol–water partition coefficient (Wildman–Crippen LogP) is 1.44. The van der Waals surface area contributed by atoms with Gasteiger partial charge in [0, 0.05) is 32.4 Å². The Bertz CT molecular complexity index is 696. The minimum atomic E-state index is -0.259. The van der Waals surface area contributed by atoms with Crippen LogP contribution in [0.5, 0.6) is 0 Å². The third-order valence-electron chi connectivity index (χ3n) is 3.95. The van der Waals surface area contributed by atoms with Crippen molar-refractivity contribution in [2.45, 2.75) is 12.5 Å². The van der Waals surface area contributed by atoms with Crippen LogP contribution in [0.25, 0.3) is 10.2 Å². The smallest absolute Gasteiger partial charge is 0.227 e. The zero-order valence-electron chi connectivity index (χ0n) is 13.7. The molecule has 0 saturated carbocycles. The van der Waals surface area contributed by atoms with Gasteiger partial charge in [-0.25, -0.2) is 4.98 Å². The van der Waals surface area contributed by atoms with Crippen LogP contribution in [-0.2, 0) is 14.3 Å². The van der Waals surface area contributed by atoms with E-state index < -0.39 is 0 Å². The van der Waals surface area contributed by atoms with Gasteiger partial charge in [0.1, 0.15) is 0 Å². The highest BCUT2D eigenvalue weighted by Crippen LogP contribution is 2.31. The van der Waals surface area contributed by atoms with Crippen molar-refractivity contribution < 1.29 is 14.3 Å². The first kappa shape index (κ1) is 17.1. The minimum absolute atomic E-state index is 0.107. The highest BCUT2D eigenvalue weighted by Gasteiger charge is 2.16. The van der Waals surface area contributed by atoms with Gasteiger partial charge in [-0.3, -0.25) is 4.79 Å². The molecule has 1 saturated heterocycles. The van der Waals surface area contributed by atoms with Gasteiger partial charge in [0.25, 0.3) is 0 Å². The summed E-state index contributed by atoms with van der Waals surface area (Å²) in [6, 6.07) is 5.76.